The Bertz CT molecular complexity index is 836. The number of nitrogens with one attached hydrogen (secondary N) is 1. The number of aliphatic hydroxyl groups is 1. The molecular formula is C17H18F4N4O. The van der Waals surface area contributed by atoms with Crippen molar-refractivity contribution >= 4 is 5.69 Å². The zero-order valence-corrected chi connectivity index (χ0v) is 13.9. The van der Waals surface area contributed by atoms with Crippen LogP contribution >= 0.6 is 0 Å². The predicted octanol–water partition coefficient (Wildman–Crippen LogP) is 2.20. The van der Waals surface area contributed by atoms with Gasteiger partial charge in [-0.2, -0.15) is 13.2 Å². The molecule has 2 heterocycles. The fourth-order valence-corrected chi connectivity index (χ4v) is 2.94. The van der Waals surface area contributed by atoms with Crippen molar-refractivity contribution in [3.05, 3.63) is 47.4 Å². The van der Waals surface area contributed by atoms with Crippen LogP contribution in [0.2, 0.25) is 0 Å². The van der Waals surface area contributed by atoms with Crippen LogP contribution in [0, 0.1) is 5.82 Å². The normalized spacial score (nSPS) is 21.8. The van der Waals surface area contributed by atoms with Crippen LogP contribution in [-0.2, 0) is 11.1 Å². The Balaban J connectivity index is 2.29. The highest BCUT2D eigenvalue weighted by Crippen LogP contribution is 2.44. The van der Waals surface area contributed by atoms with Gasteiger partial charge in [-0.3, -0.25) is 0 Å². The molecule has 0 fully saturated rings. The zero-order chi connectivity index (χ0) is 19.3. The Kier molecular flexibility index (Phi) is 4.21. The van der Waals surface area contributed by atoms with Crippen LogP contribution in [0.15, 0.2) is 30.3 Å². The molecule has 9 heteroatoms. The lowest BCUT2D eigenvalue weighted by atomic mass is 9.89. The predicted molar refractivity (Wildman–Crippen MR) is 88.7 cm³/mol. The number of nitrogens with zero attached hydrogens (tertiary/aromatic N) is 1. The Hall–Kier alpha value is -2.23. The molecule has 2 atom stereocenters. The minimum atomic E-state index is -5.03. The van der Waals surface area contributed by atoms with Gasteiger partial charge in [0.25, 0.3) is 0 Å². The number of alkyl halides is 3. The fraction of sp³-hybridized carbons (Fsp3) is 0.353. The van der Waals surface area contributed by atoms with E-state index in [9.17, 15) is 22.7 Å². The molecule has 6 N–H and O–H groups in total. The maximum absolute atomic E-state index is 13.5. The Labute approximate surface area is 147 Å². The van der Waals surface area contributed by atoms with Crippen molar-refractivity contribution in [3.63, 3.8) is 0 Å². The van der Waals surface area contributed by atoms with Gasteiger partial charge in [0.15, 0.2) is 0 Å². The van der Waals surface area contributed by atoms with Gasteiger partial charge in [-0.15, -0.1) is 0 Å². The van der Waals surface area contributed by atoms with E-state index in [-0.39, 0.29) is 12.2 Å². The summed E-state index contributed by atoms with van der Waals surface area (Å²) in [6, 6.07) is 6.26. The smallest absolute Gasteiger partial charge is 0.381 e. The minimum Gasteiger partial charge on any atom is -0.381 e. The lowest BCUT2D eigenvalue weighted by molar-refractivity contribution is -0.263. The maximum Gasteiger partial charge on any atom is 0.424 e. The van der Waals surface area contributed by atoms with Gasteiger partial charge in [0, 0.05) is 24.2 Å². The van der Waals surface area contributed by atoms with Crippen LogP contribution in [0.3, 0.4) is 0 Å². The topological polar surface area (TPSA) is 97.2 Å². The molecule has 5 nitrogen and oxygen atoms in total. The number of pyridine rings is 1. The molecular weight excluding hydrogens is 352 g/mol. The van der Waals surface area contributed by atoms with Crippen molar-refractivity contribution in [1.82, 2.24) is 4.98 Å². The van der Waals surface area contributed by atoms with Gasteiger partial charge in [0.2, 0.25) is 5.60 Å². The SMILES string of the molecule is C[C@@]1(N)CNc2c1cc([C@](O)(CN)C(F)(F)F)nc2-c1ccc(F)cc1. The largest absolute Gasteiger partial charge is 0.424 e. The van der Waals surface area contributed by atoms with Gasteiger partial charge in [-0.25, -0.2) is 9.37 Å². The first-order valence-corrected chi connectivity index (χ1v) is 7.83. The summed E-state index contributed by atoms with van der Waals surface area (Å²) in [7, 11) is 0. The first kappa shape index (κ1) is 18.6. The molecule has 1 aromatic carbocycles. The summed E-state index contributed by atoms with van der Waals surface area (Å²) in [6.07, 6.45) is -5.03. The molecule has 0 unspecified atom stereocenters. The Morgan fingerprint density at radius 2 is 1.88 bits per heavy atom. The lowest BCUT2D eigenvalue weighted by Gasteiger charge is -2.30. The molecule has 2 aromatic rings. The van der Waals surface area contributed by atoms with Gasteiger partial charge in [0.1, 0.15) is 5.82 Å². The Morgan fingerprint density at radius 3 is 2.42 bits per heavy atom. The quantitative estimate of drug-likeness (QED) is 0.621. The molecule has 140 valence electrons. The summed E-state index contributed by atoms with van der Waals surface area (Å²) in [5.74, 6) is -0.494. The minimum absolute atomic E-state index is 0.141. The fourth-order valence-electron chi connectivity index (χ4n) is 2.94. The second-order valence-corrected chi connectivity index (χ2v) is 6.62. The number of rotatable bonds is 3. The number of hydrogen-bond acceptors (Lipinski definition) is 5. The highest BCUT2D eigenvalue weighted by Gasteiger charge is 2.56. The van der Waals surface area contributed by atoms with E-state index in [1.54, 1.807) is 6.92 Å². The molecule has 1 aromatic heterocycles. The molecule has 1 aliphatic heterocycles. The van der Waals surface area contributed by atoms with Crippen molar-refractivity contribution < 1.29 is 22.7 Å². The summed E-state index contributed by atoms with van der Waals surface area (Å²) in [4.78, 5) is 4.03. The summed E-state index contributed by atoms with van der Waals surface area (Å²) in [6.45, 7) is 0.827. The van der Waals surface area contributed by atoms with E-state index >= 15 is 0 Å². The zero-order valence-electron chi connectivity index (χ0n) is 13.9. The molecule has 0 saturated carbocycles. The average Bonchev–Trinajstić information content (AvgIpc) is 2.88. The van der Waals surface area contributed by atoms with Crippen LogP contribution in [0.25, 0.3) is 11.3 Å². The van der Waals surface area contributed by atoms with E-state index < -0.39 is 35.4 Å². The molecule has 0 amide bonds. The highest BCUT2D eigenvalue weighted by atomic mass is 19.4. The van der Waals surface area contributed by atoms with Crippen molar-refractivity contribution in [3.8, 4) is 11.3 Å². The lowest BCUT2D eigenvalue weighted by Crippen LogP contribution is -2.49. The molecule has 0 saturated heterocycles. The number of hydrogen-bond donors (Lipinski definition) is 4. The number of nitrogens with two attached hydrogens (primary N) is 2. The number of benzene rings is 1. The van der Waals surface area contributed by atoms with Crippen LogP contribution in [0.1, 0.15) is 18.2 Å². The number of anilines is 1. The molecule has 3 rings (SSSR count). The summed E-state index contributed by atoms with van der Waals surface area (Å²) in [5, 5.41) is 13.2. The van der Waals surface area contributed by atoms with Gasteiger partial charge in [-0.1, -0.05) is 0 Å². The number of aromatic nitrogens is 1. The molecule has 26 heavy (non-hydrogen) atoms. The second-order valence-electron chi connectivity index (χ2n) is 6.62. The van der Waals surface area contributed by atoms with Gasteiger partial charge in [0.05, 0.1) is 22.6 Å². The van der Waals surface area contributed by atoms with Crippen molar-refractivity contribution in [2.75, 3.05) is 18.4 Å². The third-order valence-electron chi connectivity index (χ3n) is 4.57. The molecule has 0 aliphatic carbocycles. The first-order valence-electron chi connectivity index (χ1n) is 7.83. The van der Waals surface area contributed by atoms with E-state index in [1.807, 2.05) is 0 Å². The average molecular weight is 370 g/mol. The van der Waals surface area contributed by atoms with Gasteiger partial charge < -0.3 is 21.9 Å². The first-order chi connectivity index (χ1) is 12.0. The monoisotopic (exact) mass is 370 g/mol. The second kappa shape index (κ2) is 5.90. The number of fused-ring (bicyclic) bond motifs is 1. The summed E-state index contributed by atoms with van der Waals surface area (Å²) >= 11 is 0. The van der Waals surface area contributed by atoms with E-state index in [2.05, 4.69) is 10.3 Å². The standard InChI is InChI=1S/C17H18F4N4O/c1-15(23)8-24-14-11(15)6-12(16(26,7-22)17(19,20)21)25-13(14)9-2-4-10(18)5-3-9/h2-6,24,26H,7-8,22-23H2,1H3/t15-,16-/m1/s1. The third kappa shape index (κ3) is 2.81. The summed E-state index contributed by atoms with van der Waals surface area (Å²) in [5.41, 5.74) is 7.83. The molecule has 0 bridgehead atoms. The van der Waals surface area contributed by atoms with Crippen LogP contribution in [0.5, 0.6) is 0 Å². The van der Waals surface area contributed by atoms with Crippen LogP contribution in [-0.4, -0.2) is 29.4 Å². The maximum atomic E-state index is 13.5. The number of halogens is 4. The van der Waals surface area contributed by atoms with Crippen LogP contribution < -0.4 is 16.8 Å². The van der Waals surface area contributed by atoms with Crippen LogP contribution in [0.4, 0.5) is 23.2 Å². The molecule has 0 radical (unpaired) electrons. The van der Waals surface area contributed by atoms with Gasteiger partial charge >= 0.3 is 6.18 Å². The van der Waals surface area contributed by atoms with E-state index in [4.69, 9.17) is 11.5 Å². The van der Waals surface area contributed by atoms with E-state index in [0.29, 0.717) is 16.8 Å². The van der Waals surface area contributed by atoms with E-state index in [0.717, 1.165) is 6.07 Å². The molecule has 0 spiro atoms. The van der Waals surface area contributed by atoms with Gasteiger partial charge in [-0.05, 0) is 37.3 Å². The van der Waals surface area contributed by atoms with E-state index in [1.165, 1.54) is 24.3 Å². The summed E-state index contributed by atoms with van der Waals surface area (Å²) < 4.78 is 53.6. The molecule has 1 aliphatic rings. The Morgan fingerprint density at radius 1 is 1.27 bits per heavy atom. The highest BCUT2D eigenvalue weighted by molar-refractivity contribution is 5.80. The van der Waals surface area contributed by atoms with Crippen molar-refractivity contribution in [2.45, 2.75) is 24.2 Å². The van der Waals surface area contributed by atoms with Crippen molar-refractivity contribution in [1.29, 1.82) is 0 Å². The van der Waals surface area contributed by atoms with Crippen molar-refractivity contribution in [2.24, 2.45) is 11.5 Å². The third-order valence-corrected chi connectivity index (χ3v) is 4.57.